The van der Waals surface area contributed by atoms with Crippen LogP contribution in [0, 0.1) is 0 Å². The van der Waals surface area contributed by atoms with Gasteiger partial charge in [0.05, 0.1) is 25.6 Å². The fraction of sp³-hybridized carbons (Fsp3) is 0.308. The molecule has 0 unspecified atom stereocenters. The van der Waals surface area contributed by atoms with Crippen molar-refractivity contribution in [3.63, 3.8) is 0 Å². The molecule has 0 aromatic carbocycles. The van der Waals surface area contributed by atoms with Crippen LogP contribution in [0.1, 0.15) is 0 Å². The topological polar surface area (TPSA) is 105 Å². The van der Waals surface area contributed by atoms with Crippen LogP contribution in [0.2, 0.25) is 0 Å². The van der Waals surface area contributed by atoms with Crippen molar-refractivity contribution >= 4 is 5.82 Å². The van der Waals surface area contributed by atoms with E-state index in [0.717, 1.165) is 18.9 Å². The first kappa shape index (κ1) is 16.8. The maximum Gasteiger partial charge on any atom is 1.00 e. The molecule has 0 radical (unpaired) electrons. The first-order valence-corrected chi connectivity index (χ1v) is 7.10. The van der Waals surface area contributed by atoms with Gasteiger partial charge in [-0.1, -0.05) is 5.21 Å². The minimum atomic E-state index is -0.317. The van der Waals surface area contributed by atoms with E-state index in [1.807, 2.05) is 0 Å². The molecular formula is C13H13N8NaO2. The molecule has 0 N–H and O–H groups in total. The number of morpholine rings is 1. The molecule has 24 heavy (non-hydrogen) atoms. The predicted octanol–water partition coefficient (Wildman–Crippen LogP) is -3.99. The van der Waals surface area contributed by atoms with Crippen LogP contribution in [0.3, 0.4) is 0 Å². The molecule has 0 spiro atoms. The molecule has 1 fully saturated rings. The van der Waals surface area contributed by atoms with Crippen molar-refractivity contribution in [1.29, 1.82) is 0 Å². The van der Waals surface area contributed by atoms with E-state index in [1.54, 1.807) is 12.3 Å². The maximum absolute atomic E-state index is 12.5. The number of hydrogen-bond acceptors (Lipinski definition) is 7. The van der Waals surface area contributed by atoms with Gasteiger partial charge in [0.2, 0.25) is 0 Å². The van der Waals surface area contributed by atoms with Gasteiger partial charge in [0.1, 0.15) is 23.7 Å². The van der Waals surface area contributed by atoms with Gasteiger partial charge in [-0.15, -0.1) is 11.3 Å². The summed E-state index contributed by atoms with van der Waals surface area (Å²) in [5.41, 5.74) is -0.00355. The summed E-state index contributed by atoms with van der Waals surface area (Å²) in [6, 6.07) is 1.74. The molecule has 3 aromatic heterocycles. The average Bonchev–Trinajstić information content (AvgIpc) is 3.25. The minimum Gasteiger partial charge on any atom is -0.591 e. The van der Waals surface area contributed by atoms with E-state index in [9.17, 15) is 4.79 Å². The molecule has 1 aliphatic rings. The maximum atomic E-state index is 12.5. The quantitative estimate of drug-likeness (QED) is 0.446. The number of hydrogen-bond donors (Lipinski definition) is 0. The molecule has 4 heterocycles. The van der Waals surface area contributed by atoms with E-state index in [4.69, 9.17) is 4.74 Å². The second-order valence-corrected chi connectivity index (χ2v) is 4.93. The van der Waals surface area contributed by atoms with Crippen molar-refractivity contribution in [2.24, 2.45) is 0 Å². The van der Waals surface area contributed by atoms with Crippen LogP contribution < -0.4 is 45.1 Å². The molecule has 3 aromatic rings. The Hall–Kier alpha value is -2.01. The second-order valence-electron chi connectivity index (χ2n) is 4.93. The predicted molar refractivity (Wildman–Crippen MR) is 78.9 cm³/mol. The van der Waals surface area contributed by atoms with Crippen LogP contribution in [0.25, 0.3) is 11.5 Å². The van der Waals surface area contributed by atoms with Gasteiger partial charge < -0.3 is 19.4 Å². The van der Waals surface area contributed by atoms with Gasteiger partial charge in [0.25, 0.3) is 5.56 Å². The minimum absolute atomic E-state index is 0. The molecule has 118 valence electrons. The second kappa shape index (κ2) is 7.26. The third-order valence-corrected chi connectivity index (χ3v) is 3.57. The van der Waals surface area contributed by atoms with Crippen molar-refractivity contribution in [2.75, 3.05) is 31.2 Å². The Morgan fingerprint density at radius 2 is 1.96 bits per heavy atom. The van der Waals surface area contributed by atoms with Gasteiger partial charge in [-0.3, -0.25) is 4.79 Å². The summed E-state index contributed by atoms with van der Waals surface area (Å²) >= 11 is 0. The third kappa shape index (κ3) is 3.13. The first-order chi connectivity index (χ1) is 11.3. The average molecular weight is 336 g/mol. The summed E-state index contributed by atoms with van der Waals surface area (Å²) in [5.74, 6) is 1.16. The SMILES string of the molecule is O=c1c(-n2ccnn2)c[n-]n1-c1cc(N2CCOCC2)ncn1.[Na+]. The summed E-state index contributed by atoms with van der Waals surface area (Å²) < 4.78 is 7.93. The van der Waals surface area contributed by atoms with E-state index in [2.05, 4.69) is 30.3 Å². The fourth-order valence-corrected chi connectivity index (χ4v) is 2.40. The van der Waals surface area contributed by atoms with Crippen LogP contribution in [0.5, 0.6) is 0 Å². The Labute approximate surface area is 158 Å². The largest absolute Gasteiger partial charge is 1.00 e. The summed E-state index contributed by atoms with van der Waals surface area (Å²) in [5, 5.41) is 11.6. The Bertz CT molecular complexity index is 853. The normalized spacial score (nSPS) is 14.4. The van der Waals surface area contributed by atoms with E-state index in [-0.39, 0.29) is 35.1 Å². The number of ether oxygens (including phenoxy) is 1. The van der Waals surface area contributed by atoms with E-state index >= 15 is 0 Å². The van der Waals surface area contributed by atoms with Crippen LogP contribution in [-0.2, 0) is 4.74 Å². The molecule has 10 nitrogen and oxygen atoms in total. The first-order valence-electron chi connectivity index (χ1n) is 7.10. The zero-order valence-corrected chi connectivity index (χ0v) is 15.1. The van der Waals surface area contributed by atoms with Gasteiger partial charge in [0.15, 0.2) is 0 Å². The molecule has 1 saturated heterocycles. The van der Waals surface area contributed by atoms with Gasteiger partial charge >= 0.3 is 29.6 Å². The van der Waals surface area contributed by atoms with Crippen molar-refractivity contribution in [2.45, 2.75) is 0 Å². The van der Waals surface area contributed by atoms with Crippen molar-refractivity contribution in [3.05, 3.63) is 41.3 Å². The third-order valence-electron chi connectivity index (χ3n) is 3.57. The smallest absolute Gasteiger partial charge is 0.591 e. The van der Waals surface area contributed by atoms with Crippen LogP contribution in [-0.4, -0.2) is 55.9 Å². The van der Waals surface area contributed by atoms with E-state index < -0.39 is 0 Å². The van der Waals surface area contributed by atoms with Gasteiger partial charge in [0, 0.05) is 19.2 Å². The van der Waals surface area contributed by atoms with Gasteiger partial charge in [-0.2, -0.15) is 0 Å². The monoisotopic (exact) mass is 336 g/mol. The molecule has 1 aliphatic heterocycles. The molecule has 0 amide bonds. The van der Waals surface area contributed by atoms with Gasteiger partial charge in [-0.25, -0.2) is 14.6 Å². The van der Waals surface area contributed by atoms with E-state index in [1.165, 1.54) is 28.1 Å². The Balaban J connectivity index is 0.00000169. The van der Waals surface area contributed by atoms with Crippen LogP contribution in [0.4, 0.5) is 5.82 Å². The number of nitrogens with zero attached hydrogens (tertiary/aromatic N) is 8. The summed E-state index contributed by atoms with van der Waals surface area (Å²) in [7, 11) is 0. The molecule has 0 bridgehead atoms. The van der Waals surface area contributed by atoms with Crippen LogP contribution in [0.15, 0.2) is 35.8 Å². The number of aromatic nitrogens is 7. The van der Waals surface area contributed by atoms with Crippen molar-refractivity contribution in [3.8, 4) is 11.5 Å². The zero-order chi connectivity index (χ0) is 15.6. The summed E-state index contributed by atoms with van der Waals surface area (Å²) in [4.78, 5) is 23.0. The molecule has 4 rings (SSSR count). The summed E-state index contributed by atoms with van der Waals surface area (Å²) in [6.45, 7) is 2.82. The van der Waals surface area contributed by atoms with E-state index in [0.29, 0.717) is 24.7 Å². The number of rotatable bonds is 3. The van der Waals surface area contributed by atoms with Crippen LogP contribution >= 0.6 is 0 Å². The number of anilines is 1. The zero-order valence-electron chi connectivity index (χ0n) is 13.1. The Morgan fingerprint density at radius 3 is 2.71 bits per heavy atom. The molecule has 0 saturated carbocycles. The Kier molecular flexibility index (Phi) is 5.09. The summed E-state index contributed by atoms with van der Waals surface area (Å²) in [6.07, 6.45) is 5.95. The van der Waals surface area contributed by atoms with Crippen molar-refractivity contribution in [1.82, 2.24) is 34.7 Å². The van der Waals surface area contributed by atoms with Gasteiger partial charge in [-0.05, 0) is 0 Å². The standard InChI is InChI=1S/C13H14N8O2.Na/c22-13-10(20-2-1-16-18-20)8-17-21(13)12-7-11(14-9-15-12)19-3-5-23-6-4-19;/h1-2,7-9H,3-6H2,(H,17,22);/q;+1/p-1. The molecule has 0 aliphatic carbocycles. The molecule has 0 atom stereocenters. The fourth-order valence-electron chi connectivity index (χ4n) is 2.40. The Morgan fingerprint density at radius 1 is 1.17 bits per heavy atom. The molecular weight excluding hydrogens is 323 g/mol. The molecule has 11 heteroatoms. The van der Waals surface area contributed by atoms with Crippen molar-refractivity contribution < 1.29 is 34.3 Å².